The lowest BCUT2D eigenvalue weighted by molar-refractivity contribution is 1.18. The predicted molar refractivity (Wildman–Crippen MR) is 245 cm³/mol. The van der Waals surface area contributed by atoms with Gasteiger partial charge < -0.3 is 14.4 Å². The van der Waals surface area contributed by atoms with Crippen molar-refractivity contribution in [1.29, 1.82) is 0 Å². The summed E-state index contributed by atoms with van der Waals surface area (Å²) in [7, 11) is 0. The fraction of sp³-hybridized carbons (Fsp3) is 0.0182. The number of aromatic nitrogens is 1. The Hall–Kier alpha value is -7.98. The average Bonchev–Trinajstić information content (AvgIpc) is 3.62. The van der Waals surface area contributed by atoms with E-state index in [0.717, 1.165) is 67.6 Å². The van der Waals surface area contributed by atoms with Crippen LogP contribution in [0, 0.1) is 12.3 Å². The van der Waals surface area contributed by atoms with Crippen LogP contribution < -0.4 is 9.80 Å². The molecule has 0 saturated carbocycles. The fourth-order valence-electron chi connectivity index (χ4n) is 7.80. The average molecular weight is 742 g/mol. The number of hydrogen-bond acceptors (Lipinski definition) is 2. The molecule has 0 spiro atoms. The molecule has 1 aliphatic carbocycles. The molecule has 0 fully saturated rings. The van der Waals surface area contributed by atoms with Gasteiger partial charge in [-0.05, 0) is 138 Å². The number of benzene rings is 7. The first-order chi connectivity index (χ1) is 28.7. The second-order valence-electron chi connectivity index (χ2n) is 14.0. The predicted octanol–water partition coefficient (Wildman–Crippen LogP) is 14.3. The second-order valence-corrected chi connectivity index (χ2v) is 14.0. The third-order valence-electron chi connectivity index (χ3n) is 10.5. The topological polar surface area (TPSA) is 11.4 Å². The Morgan fingerprint density at radius 3 is 1.60 bits per heavy atom. The molecule has 0 N–H and O–H groups in total. The third kappa shape index (κ3) is 6.90. The minimum atomic E-state index is 1.000. The molecular weight excluding hydrogens is 703 g/mol. The van der Waals surface area contributed by atoms with Gasteiger partial charge in [0.25, 0.3) is 0 Å². The minimum absolute atomic E-state index is 1.000. The normalized spacial score (nSPS) is 12.3. The van der Waals surface area contributed by atoms with Crippen LogP contribution in [0.5, 0.6) is 0 Å². The van der Waals surface area contributed by atoms with Crippen LogP contribution >= 0.6 is 0 Å². The molecule has 0 atom stereocenters. The molecule has 7 aromatic carbocycles. The number of rotatable bonds is 10. The fourth-order valence-corrected chi connectivity index (χ4v) is 7.80. The van der Waals surface area contributed by atoms with Crippen molar-refractivity contribution in [1.82, 2.24) is 4.57 Å². The van der Waals surface area contributed by atoms with E-state index in [2.05, 4.69) is 208 Å². The molecular formula is C55H39N3. The zero-order valence-electron chi connectivity index (χ0n) is 32.1. The van der Waals surface area contributed by atoms with E-state index in [-0.39, 0.29) is 0 Å². The van der Waals surface area contributed by atoms with Gasteiger partial charge >= 0.3 is 0 Å². The summed E-state index contributed by atoms with van der Waals surface area (Å²) in [6.07, 6.45) is 17.3. The van der Waals surface area contributed by atoms with Gasteiger partial charge in [0, 0.05) is 51.0 Å². The van der Waals surface area contributed by atoms with E-state index in [1.54, 1.807) is 6.08 Å². The van der Waals surface area contributed by atoms with Crippen LogP contribution in [0.4, 0.5) is 22.7 Å². The summed E-state index contributed by atoms with van der Waals surface area (Å²) in [5.41, 5.74) is 20.5. The Morgan fingerprint density at radius 2 is 1.07 bits per heavy atom. The van der Waals surface area contributed by atoms with Crippen LogP contribution in [0.3, 0.4) is 0 Å². The van der Waals surface area contributed by atoms with Crippen molar-refractivity contribution in [2.75, 3.05) is 9.80 Å². The molecule has 58 heavy (non-hydrogen) atoms. The lowest BCUT2D eigenvalue weighted by atomic mass is 9.99. The van der Waals surface area contributed by atoms with E-state index in [1.807, 2.05) is 37.3 Å². The molecule has 1 aromatic heterocycles. The quantitative estimate of drug-likeness (QED) is 0.0785. The van der Waals surface area contributed by atoms with Crippen LogP contribution in [-0.4, -0.2) is 4.57 Å². The van der Waals surface area contributed by atoms with Crippen molar-refractivity contribution in [2.24, 2.45) is 0 Å². The summed E-state index contributed by atoms with van der Waals surface area (Å²) in [6.45, 7) is 2.03. The molecule has 0 bridgehead atoms. The van der Waals surface area contributed by atoms with Gasteiger partial charge in [-0.25, -0.2) is 0 Å². The van der Waals surface area contributed by atoms with E-state index in [9.17, 15) is 0 Å². The van der Waals surface area contributed by atoms with Gasteiger partial charge in [0.05, 0.1) is 16.7 Å². The van der Waals surface area contributed by atoms with Crippen molar-refractivity contribution in [3.05, 3.63) is 235 Å². The molecule has 8 aromatic rings. The van der Waals surface area contributed by atoms with Crippen LogP contribution in [0.1, 0.15) is 6.92 Å². The maximum Gasteiger partial charge on any atom is 0.0551 e. The summed E-state index contributed by atoms with van der Waals surface area (Å²) < 4.78 is 2.37. The molecule has 274 valence electrons. The Balaban J connectivity index is 1.12. The minimum Gasteiger partial charge on any atom is -0.311 e. The molecule has 1 heterocycles. The van der Waals surface area contributed by atoms with E-state index in [4.69, 9.17) is 6.42 Å². The maximum absolute atomic E-state index is 5.60. The highest BCUT2D eigenvalue weighted by Gasteiger charge is 2.17. The van der Waals surface area contributed by atoms with Gasteiger partial charge in [-0.15, -0.1) is 6.42 Å². The zero-order valence-corrected chi connectivity index (χ0v) is 32.1. The molecule has 1 aliphatic rings. The van der Waals surface area contributed by atoms with Crippen molar-refractivity contribution < 1.29 is 0 Å². The van der Waals surface area contributed by atoms with Gasteiger partial charge in [0.1, 0.15) is 0 Å². The van der Waals surface area contributed by atoms with Gasteiger partial charge in [0.15, 0.2) is 0 Å². The number of anilines is 4. The molecule has 3 heteroatoms. The number of fused-ring (bicyclic) bond motifs is 3. The third-order valence-corrected chi connectivity index (χ3v) is 10.5. The highest BCUT2D eigenvalue weighted by Crippen LogP contribution is 2.39. The first-order valence-corrected chi connectivity index (χ1v) is 19.4. The number of para-hydroxylation sites is 3. The van der Waals surface area contributed by atoms with Gasteiger partial charge in [0.2, 0.25) is 0 Å². The van der Waals surface area contributed by atoms with E-state index < -0.39 is 0 Å². The maximum atomic E-state index is 5.60. The molecule has 0 amide bonds. The number of allylic oxidation sites excluding steroid dienone is 6. The second kappa shape index (κ2) is 16.0. The van der Waals surface area contributed by atoms with Gasteiger partial charge in [-0.3, -0.25) is 0 Å². The Labute approximate surface area is 340 Å². The standard InChI is InChI=1S/C55H39N3/c1-3-5-18-45(4-2)56(46-19-10-6-11-20-46)50-33-27-41(28-34-50)43-31-37-54-52(39-43)53-40-44(32-38-55(53)58(54)49-25-16-9-17-26-49)42-29-35-51(36-30-42)57(47-21-12-7-13-22-47)48-23-14-8-15-24-48/h1,4-7,9-14,16-40H,2H3/b18-5-,45-4+. The molecule has 3 nitrogen and oxygen atoms in total. The Morgan fingerprint density at radius 1 is 0.569 bits per heavy atom. The lowest BCUT2D eigenvalue weighted by Crippen LogP contribution is -2.15. The smallest absolute Gasteiger partial charge is 0.0551 e. The SMILES string of the molecule is C#C/C=C\C(=C/C)N(c1ccccc1)c1ccc(-c2ccc3c(c2)c2cc(-c4ccc(N(C5=CC=C=C=C5)c5ccccc5)cc4)ccc2n3-c2ccccc2)cc1. The molecule has 0 saturated heterocycles. The molecule has 9 rings (SSSR count). The molecule has 0 aliphatic heterocycles. The largest absolute Gasteiger partial charge is 0.311 e. The van der Waals surface area contributed by atoms with E-state index >= 15 is 0 Å². The Kier molecular flexibility index (Phi) is 9.86. The van der Waals surface area contributed by atoms with Crippen LogP contribution in [0.15, 0.2) is 235 Å². The highest BCUT2D eigenvalue weighted by molar-refractivity contribution is 6.11. The monoisotopic (exact) mass is 741 g/mol. The summed E-state index contributed by atoms with van der Waals surface area (Å²) in [5.74, 6) is 2.64. The van der Waals surface area contributed by atoms with Crippen molar-refractivity contribution in [2.45, 2.75) is 6.92 Å². The van der Waals surface area contributed by atoms with Crippen LogP contribution in [-0.2, 0) is 0 Å². The number of hydrogen-bond donors (Lipinski definition) is 0. The van der Waals surface area contributed by atoms with Crippen LogP contribution in [0.25, 0.3) is 49.7 Å². The zero-order chi connectivity index (χ0) is 39.3. The van der Waals surface area contributed by atoms with Crippen molar-refractivity contribution >= 4 is 44.6 Å². The summed E-state index contributed by atoms with van der Waals surface area (Å²) in [4.78, 5) is 4.47. The first kappa shape index (κ1) is 35.7. The van der Waals surface area contributed by atoms with Crippen LogP contribution in [0.2, 0.25) is 0 Å². The van der Waals surface area contributed by atoms with Gasteiger partial charge in [-0.2, -0.15) is 0 Å². The van der Waals surface area contributed by atoms with E-state index in [0.29, 0.717) is 0 Å². The summed E-state index contributed by atoms with van der Waals surface area (Å²) in [6, 6.07) is 62.7. The Bertz CT molecular complexity index is 3000. The van der Waals surface area contributed by atoms with Crippen molar-refractivity contribution in [3.8, 4) is 40.3 Å². The molecule has 0 radical (unpaired) electrons. The first-order valence-electron chi connectivity index (χ1n) is 19.4. The lowest BCUT2D eigenvalue weighted by Gasteiger charge is -2.26. The molecule has 0 unspecified atom stereocenters. The van der Waals surface area contributed by atoms with E-state index in [1.165, 1.54) is 16.3 Å². The highest BCUT2D eigenvalue weighted by atomic mass is 15.2. The number of nitrogens with zero attached hydrogens (tertiary/aromatic N) is 3. The number of terminal acetylenes is 1. The van der Waals surface area contributed by atoms with Crippen molar-refractivity contribution in [3.63, 3.8) is 0 Å². The van der Waals surface area contributed by atoms with Gasteiger partial charge in [-0.1, -0.05) is 114 Å². The summed E-state index contributed by atoms with van der Waals surface area (Å²) >= 11 is 0. The summed E-state index contributed by atoms with van der Waals surface area (Å²) in [5, 5.41) is 2.40.